The number of aliphatic imine (C=N–C) groups is 1. The largest absolute Gasteiger partial charge is 0.465 e. The van der Waals surface area contributed by atoms with Crippen molar-refractivity contribution in [3.05, 3.63) is 77.5 Å². The molecule has 0 saturated carbocycles. The Kier molecular flexibility index (Phi) is 5.83. The van der Waals surface area contributed by atoms with Crippen molar-refractivity contribution in [2.24, 2.45) is 4.99 Å². The number of amidine groups is 1. The highest BCUT2D eigenvalue weighted by molar-refractivity contribution is 8.18. The molecule has 0 atom stereocenters. The van der Waals surface area contributed by atoms with Crippen LogP contribution in [0.2, 0.25) is 0 Å². The fraction of sp³-hybridized carbons (Fsp3) is 0.100. The Morgan fingerprint density at radius 3 is 2.74 bits per heavy atom. The molecule has 0 radical (unpaired) electrons. The molecule has 7 heteroatoms. The smallest absolute Gasteiger partial charge is 0.337 e. The molecule has 2 heterocycles. The van der Waals surface area contributed by atoms with Crippen LogP contribution in [0, 0.1) is 0 Å². The van der Waals surface area contributed by atoms with E-state index in [-0.39, 0.29) is 5.91 Å². The highest BCUT2D eigenvalue weighted by atomic mass is 32.2. The number of methoxy groups -OCH3 is 1. The number of hydrogen-bond donors (Lipinski definition) is 0. The minimum absolute atomic E-state index is 0.139. The molecular weight excluding hydrogens is 362 g/mol. The van der Waals surface area contributed by atoms with Crippen molar-refractivity contribution in [1.29, 1.82) is 0 Å². The van der Waals surface area contributed by atoms with Gasteiger partial charge in [-0.3, -0.25) is 14.7 Å². The van der Waals surface area contributed by atoms with E-state index in [1.807, 2.05) is 6.07 Å². The van der Waals surface area contributed by atoms with E-state index in [1.54, 1.807) is 59.8 Å². The zero-order valence-electron chi connectivity index (χ0n) is 14.7. The van der Waals surface area contributed by atoms with Crippen LogP contribution in [-0.4, -0.2) is 40.6 Å². The van der Waals surface area contributed by atoms with Crippen LogP contribution in [0.25, 0.3) is 6.08 Å². The number of nitrogens with zero attached hydrogens (tertiary/aromatic N) is 3. The Labute approximate surface area is 161 Å². The van der Waals surface area contributed by atoms with Gasteiger partial charge in [-0.25, -0.2) is 9.79 Å². The minimum Gasteiger partial charge on any atom is -0.465 e. The van der Waals surface area contributed by atoms with Crippen LogP contribution in [0.15, 0.2) is 71.3 Å². The normalized spacial score (nSPS) is 16.8. The van der Waals surface area contributed by atoms with Gasteiger partial charge in [0.1, 0.15) is 0 Å². The molecule has 6 nitrogen and oxygen atoms in total. The van der Waals surface area contributed by atoms with E-state index in [0.717, 1.165) is 5.56 Å². The maximum Gasteiger partial charge on any atom is 0.337 e. The fourth-order valence-corrected chi connectivity index (χ4v) is 3.40. The van der Waals surface area contributed by atoms with Crippen molar-refractivity contribution in [3.8, 4) is 0 Å². The van der Waals surface area contributed by atoms with Crippen LogP contribution in [0.4, 0.5) is 5.69 Å². The molecule has 1 aromatic heterocycles. The van der Waals surface area contributed by atoms with Crippen molar-refractivity contribution in [1.82, 2.24) is 9.88 Å². The second-order valence-corrected chi connectivity index (χ2v) is 6.54. The molecule has 1 aliphatic rings. The number of esters is 1. The summed E-state index contributed by atoms with van der Waals surface area (Å²) >= 11 is 1.29. The van der Waals surface area contributed by atoms with E-state index in [1.165, 1.54) is 18.9 Å². The summed E-state index contributed by atoms with van der Waals surface area (Å²) in [5.41, 5.74) is 1.93. The molecule has 1 aromatic carbocycles. The maximum atomic E-state index is 12.7. The fourth-order valence-electron chi connectivity index (χ4n) is 2.40. The van der Waals surface area contributed by atoms with Gasteiger partial charge in [-0.2, -0.15) is 0 Å². The predicted octanol–water partition coefficient (Wildman–Crippen LogP) is 3.66. The lowest BCUT2D eigenvalue weighted by Crippen LogP contribution is -2.29. The molecule has 0 N–H and O–H groups in total. The zero-order valence-corrected chi connectivity index (χ0v) is 15.5. The predicted molar refractivity (Wildman–Crippen MR) is 107 cm³/mol. The molecule has 1 amide bonds. The summed E-state index contributed by atoms with van der Waals surface area (Å²) in [6.07, 6.45) is 6.74. The van der Waals surface area contributed by atoms with Crippen LogP contribution in [0.5, 0.6) is 0 Å². The second-order valence-electron chi connectivity index (χ2n) is 5.53. The number of ether oxygens (including phenoxy) is 1. The Morgan fingerprint density at radius 2 is 2.11 bits per heavy atom. The van der Waals surface area contributed by atoms with Gasteiger partial charge in [0.05, 0.1) is 29.5 Å². The van der Waals surface area contributed by atoms with Gasteiger partial charge in [0.2, 0.25) is 0 Å². The number of thioether (sulfide) groups is 1. The van der Waals surface area contributed by atoms with Crippen LogP contribution in [-0.2, 0) is 9.53 Å². The van der Waals surface area contributed by atoms with Crippen molar-refractivity contribution in [2.45, 2.75) is 0 Å². The average molecular weight is 379 g/mol. The third-order valence-electron chi connectivity index (χ3n) is 3.70. The van der Waals surface area contributed by atoms with Crippen LogP contribution in [0.3, 0.4) is 0 Å². The van der Waals surface area contributed by atoms with Gasteiger partial charge in [-0.1, -0.05) is 18.2 Å². The van der Waals surface area contributed by atoms with Crippen LogP contribution in [0.1, 0.15) is 15.9 Å². The molecule has 1 aliphatic heterocycles. The first kappa shape index (κ1) is 18.6. The minimum atomic E-state index is -0.399. The van der Waals surface area contributed by atoms with Gasteiger partial charge in [-0.15, -0.1) is 6.58 Å². The molecule has 1 saturated heterocycles. The summed E-state index contributed by atoms with van der Waals surface area (Å²) < 4.78 is 4.69. The Morgan fingerprint density at radius 1 is 1.33 bits per heavy atom. The van der Waals surface area contributed by atoms with Gasteiger partial charge >= 0.3 is 5.97 Å². The molecule has 136 valence electrons. The first-order valence-corrected chi connectivity index (χ1v) is 8.93. The summed E-state index contributed by atoms with van der Waals surface area (Å²) in [6, 6.07) is 10.5. The Balaban J connectivity index is 1.88. The topological polar surface area (TPSA) is 71.9 Å². The van der Waals surface area contributed by atoms with Crippen molar-refractivity contribution >= 4 is 40.6 Å². The van der Waals surface area contributed by atoms with Crippen LogP contribution < -0.4 is 0 Å². The summed E-state index contributed by atoms with van der Waals surface area (Å²) in [5, 5.41) is 0.574. The van der Waals surface area contributed by atoms with Crippen molar-refractivity contribution in [3.63, 3.8) is 0 Å². The van der Waals surface area contributed by atoms with E-state index in [2.05, 4.69) is 21.3 Å². The van der Waals surface area contributed by atoms with E-state index < -0.39 is 5.97 Å². The lowest BCUT2D eigenvalue weighted by molar-refractivity contribution is -0.121. The number of carbonyl (C=O) groups excluding carboxylic acids is 2. The number of benzene rings is 1. The number of aromatic nitrogens is 1. The van der Waals surface area contributed by atoms with Gasteiger partial charge in [0.25, 0.3) is 5.91 Å². The quantitative estimate of drug-likeness (QED) is 0.450. The molecular formula is C20H17N3O3S. The van der Waals surface area contributed by atoms with E-state index >= 15 is 0 Å². The van der Waals surface area contributed by atoms with E-state index in [4.69, 9.17) is 0 Å². The average Bonchev–Trinajstić information content (AvgIpc) is 2.98. The molecule has 0 unspecified atom stereocenters. The maximum absolute atomic E-state index is 12.7. The molecule has 0 spiro atoms. The lowest BCUT2D eigenvalue weighted by Gasteiger charge is -2.12. The van der Waals surface area contributed by atoms with Crippen molar-refractivity contribution < 1.29 is 14.3 Å². The van der Waals surface area contributed by atoms with Gasteiger partial charge in [0, 0.05) is 12.7 Å². The number of pyridine rings is 1. The summed E-state index contributed by atoms with van der Waals surface area (Å²) in [5.74, 6) is -0.539. The van der Waals surface area contributed by atoms with Gasteiger partial charge < -0.3 is 4.74 Å². The lowest BCUT2D eigenvalue weighted by atomic mass is 10.1. The molecule has 2 aromatic rings. The van der Waals surface area contributed by atoms with E-state index in [0.29, 0.717) is 27.9 Å². The SMILES string of the molecule is C=CCN1C(=O)/C(=C/c2ccc(C(=O)OC)cc2)SC1=Nc1cccnc1. The number of carbonyl (C=O) groups is 2. The number of amides is 1. The van der Waals surface area contributed by atoms with Crippen molar-refractivity contribution in [2.75, 3.05) is 13.7 Å². The molecule has 0 aliphatic carbocycles. The summed E-state index contributed by atoms with van der Waals surface area (Å²) in [6.45, 7) is 4.07. The molecule has 27 heavy (non-hydrogen) atoms. The Hall–Kier alpha value is -3.19. The molecule has 3 rings (SSSR count). The monoisotopic (exact) mass is 379 g/mol. The summed E-state index contributed by atoms with van der Waals surface area (Å²) in [4.78, 5) is 34.9. The third kappa shape index (κ3) is 4.32. The van der Waals surface area contributed by atoms with Gasteiger partial charge in [-0.05, 0) is 47.7 Å². The number of rotatable bonds is 5. The second kappa shape index (κ2) is 8.46. The molecule has 1 fully saturated rings. The number of hydrogen-bond acceptors (Lipinski definition) is 6. The van der Waals surface area contributed by atoms with E-state index in [9.17, 15) is 9.59 Å². The highest BCUT2D eigenvalue weighted by Crippen LogP contribution is 2.34. The standard InChI is InChI=1S/C20H17N3O3S/c1-3-11-23-18(24)17(27-20(23)22-16-5-4-10-21-13-16)12-14-6-8-15(9-7-14)19(25)26-2/h3-10,12-13H,1,11H2,2H3/b17-12-,22-20?. The first-order chi connectivity index (χ1) is 13.1. The zero-order chi connectivity index (χ0) is 19.2. The Bertz CT molecular complexity index is 921. The molecule has 0 bridgehead atoms. The van der Waals surface area contributed by atoms with Crippen LogP contribution >= 0.6 is 11.8 Å². The first-order valence-electron chi connectivity index (χ1n) is 8.12. The van der Waals surface area contributed by atoms with Gasteiger partial charge in [0.15, 0.2) is 5.17 Å². The third-order valence-corrected chi connectivity index (χ3v) is 4.71. The summed E-state index contributed by atoms with van der Waals surface area (Å²) in [7, 11) is 1.34. The highest BCUT2D eigenvalue weighted by Gasteiger charge is 2.32.